The Kier molecular flexibility index (Phi) is 6.33. The van der Waals surface area contributed by atoms with Crippen LogP contribution in [0.15, 0.2) is 48.5 Å². The molecule has 0 aromatic heterocycles. The molecule has 1 aliphatic rings. The molecule has 0 radical (unpaired) electrons. The minimum Gasteiger partial charge on any atom is -0.339 e. The van der Waals surface area contributed by atoms with Crippen LogP contribution in [-0.4, -0.2) is 34.9 Å². The molecule has 1 fully saturated rings. The van der Waals surface area contributed by atoms with E-state index in [0.717, 1.165) is 31.5 Å². The zero-order valence-electron chi connectivity index (χ0n) is 17.1. The summed E-state index contributed by atoms with van der Waals surface area (Å²) in [6.45, 7) is 7.93. The standard InChI is InChI=1S/C23H27N3O2S/c1-23(2,3)17-12-10-16(11-13-17)20(27)25-22(29)24-19-9-5-4-8-18(19)21(28)26-14-6-7-15-26/h4-5,8-13H,6-7,14-15H2,1-3H3,(H2,24,25,27,29). The van der Waals surface area contributed by atoms with Gasteiger partial charge in [0.1, 0.15) is 0 Å². The van der Waals surface area contributed by atoms with Gasteiger partial charge in [0, 0.05) is 18.7 Å². The number of para-hydroxylation sites is 1. The third-order valence-corrected chi connectivity index (χ3v) is 5.24. The van der Waals surface area contributed by atoms with E-state index >= 15 is 0 Å². The molecule has 29 heavy (non-hydrogen) atoms. The largest absolute Gasteiger partial charge is 0.339 e. The molecule has 0 atom stereocenters. The van der Waals surface area contributed by atoms with E-state index in [1.807, 2.05) is 29.2 Å². The predicted molar refractivity (Wildman–Crippen MR) is 120 cm³/mol. The first-order chi connectivity index (χ1) is 13.8. The molecule has 3 rings (SSSR count). The molecule has 1 aliphatic heterocycles. The number of hydrogen-bond donors (Lipinski definition) is 2. The van der Waals surface area contributed by atoms with E-state index in [1.165, 1.54) is 0 Å². The topological polar surface area (TPSA) is 61.4 Å². The summed E-state index contributed by atoms with van der Waals surface area (Å²) in [6.07, 6.45) is 2.06. The molecule has 152 valence electrons. The van der Waals surface area contributed by atoms with Crippen molar-refractivity contribution in [3.05, 3.63) is 65.2 Å². The number of carbonyl (C=O) groups excluding carboxylic acids is 2. The van der Waals surface area contributed by atoms with Crippen molar-refractivity contribution in [3.63, 3.8) is 0 Å². The lowest BCUT2D eigenvalue weighted by Crippen LogP contribution is -2.35. The first-order valence-electron chi connectivity index (χ1n) is 9.87. The highest BCUT2D eigenvalue weighted by molar-refractivity contribution is 7.80. The zero-order chi connectivity index (χ0) is 21.0. The summed E-state index contributed by atoms with van der Waals surface area (Å²) < 4.78 is 0. The van der Waals surface area contributed by atoms with Gasteiger partial charge in [-0.25, -0.2) is 0 Å². The molecule has 0 unspecified atom stereocenters. The van der Waals surface area contributed by atoms with Crippen molar-refractivity contribution < 1.29 is 9.59 Å². The quantitative estimate of drug-likeness (QED) is 0.740. The van der Waals surface area contributed by atoms with Crippen LogP contribution >= 0.6 is 12.2 Å². The van der Waals surface area contributed by atoms with E-state index in [1.54, 1.807) is 24.3 Å². The molecule has 1 saturated heterocycles. The summed E-state index contributed by atoms with van der Waals surface area (Å²) >= 11 is 5.31. The fourth-order valence-corrected chi connectivity index (χ4v) is 3.52. The number of benzene rings is 2. The van der Waals surface area contributed by atoms with Gasteiger partial charge in [-0.05, 0) is 60.3 Å². The highest BCUT2D eigenvalue weighted by Crippen LogP contribution is 2.22. The number of anilines is 1. The maximum Gasteiger partial charge on any atom is 0.257 e. The van der Waals surface area contributed by atoms with Gasteiger partial charge >= 0.3 is 0 Å². The van der Waals surface area contributed by atoms with Crippen molar-refractivity contribution >= 4 is 34.8 Å². The lowest BCUT2D eigenvalue weighted by molar-refractivity contribution is 0.0793. The van der Waals surface area contributed by atoms with E-state index in [9.17, 15) is 9.59 Å². The smallest absolute Gasteiger partial charge is 0.257 e. The van der Waals surface area contributed by atoms with Crippen LogP contribution in [0.5, 0.6) is 0 Å². The number of likely N-dealkylation sites (tertiary alicyclic amines) is 1. The summed E-state index contributed by atoms with van der Waals surface area (Å²) in [4.78, 5) is 27.1. The molecule has 0 saturated carbocycles. The molecule has 0 bridgehead atoms. The van der Waals surface area contributed by atoms with E-state index in [-0.39, 0.29) is 22.3 Å². The minimum atomic E-state index is -0.286. The Morgan fingerprint density at radius 1 is 0.966 bits per heavy atom. The molecule has 0 spiro atoms. The molecular weight excluding hydrogens is 382 g/mol. The molecule has 1 heterocycles. The number of nitrogens with zero attached hydrogens (tertiary/aromatic N) is 1. The number of carbonyl (C=O) groups is 2. The van der Waals surface area contributed by atoms with Gasteiger partial charge in [0.15, 0.2) is 5.11 Å². The van der Waals surface area contributed by atoms with Crippen LogP contribution < -0.4 is 10.6 Å². The van der Waals surface area contributed by atoms with Crippen LogP contribution in [0.2, 0.25) is 0 Å². The SMILES string of the molecule is CC(C)(C)c1ccc(C(=O)NC(=S)Nc2ccccc2C(=O)N2CCCC2)cc1. The normalized spacial score (nSPS) is 13.8. The van der Waals surface area contributed by atoms with Gasteiger partial charge in [-0.2, -0.15) is 0 Å². The lowest BCUT2D eigenvalue weighted by Gasteiger charge is -2.19. The second kappa shape index (κ2) is 8.74. The highest BCUT2D eigenvalue weighted by Gasteiger charge is 2.22. The Hall–Kier alpha value is -2.73. The number of amides is 2. The Morgan fingerprint density at radius 2 is 1.59 bits per heavy atom. The van der Waals surface area contributed by atoms with Crippen LogP contribution in [0.3, 0.4) is 0 Å². The summed E-state index contributed by atoms with van der Waals surface area (Å²) in [5, 5.41) is 5.86. The van der Waals surface area contributed by atoms with Crippen molar-refractivity contribution in [2.75, 3.05) is 18.4 Å². The van der Waals surface area contributed by atoms with Gasteiger partial charge in [-0.15, -0.1) is 0 Å². The van der Waals surface area contributed by atoms with Crippen LogP contribution in [0.4, 0.5) is 5.69 Å². The van der Waals surface area contributed by atoms with Crippen molar-refractivity contribution in [2.24, 2.45) is 0 Å². The van der Waals surface area contributed by atoms with Gasteiger partial charge in [0.05, 0.1) is 11.3 Å². The maximum absolute atomic E-state index is 12.8. The van der Waals surface area contributed by atoms with Crippen LogP contribution in [0, 0.1) is 0 Å². The van der Waals surface area contributed by atoms with Crippen molar-refractivity contribution in [1.29, 1.82) is 0 Å². The lowest BCUT2D eigenvalue weighted by atomic mass is 9.87. The Bertz CT molecular complexity index is 910. The Labute approximate surface area is 177 Å². The second-order valence-electron chi connectivity index (χ2n) is 8.28. The van der Waals surface area contributed by atoms with E-state index < -0.39 is 0 Å². The minimum absolute atomic E-state index is 0.0162. The summed E-state index contributed by atoms with van der Waals surface area (Å²) in [5.41, 5.74) is 2.86. The predicted octanol–water partition coefficient (Wildman–Crippen LogP) is 4.35. The summed E-state index contributed by atoms with van der Waals surface area (Å²) in [7, 11) is 0. The van der Waals surface area contributed by atoms with Crippen molar-refractivity contribution in [2.45, 2.75) is 39.0 Å². The fourth-order valence-electron chi connectivity index (χ4n) is 3.32. The van der Waals surface area contributed by atoms with Crippen LogP contribution in [-0.2, 0) is 5.41 Å². The van der Waals surface area contributed by atoms with Gasteiger partial charge in [0.25, 0.3) is 11.8 Å². The molecule has 2 aromatic rings. The molecule has 5 nitrogen and oxygen atoms in total. The molecule has 6 heteroatoms. The van der Waals surface area contributed by atoms with Crippen LogP contribution in [0.1, 0.15) is 59.9 Å². The molecular formula is C23H27N3O2S. The number of rotatable bonds is 3. The van der Waals surface area contributed by atoms with Crippen molar-refractivity contribution in [3.8, 4) is 0 Å². The van der Waals surface area contributed by atoms with Crippen molar-refractivity contribution in [1.82, 2.24) is 10.2 Å². The van der Waals surface area contributed by atoms with Gasteiger partial charge in [0.2, 0.25) is 0 Å². The molecule has 2 aromatic carbocycles. The maximum atomic E-state index is 12.8. The van der Waals surface area contributed by atoms with Crippen LogP contribution in [0.25, 0.3) is 0 Å². The van der Waals surface area contributed by atoms with Gasteiger partial charge in [-0.3, -0.25) is 14.9 Å². The average molecular weight is 410 g/mol. The number of thiocarbonyl (C=S) groups is 1. The Morgan fingerprint density at radius 3 is 2.21 bits per heavy atom. The third-order valence-electron chi connectivity index (χ3n) is 5.04. The average Bonchev–Trinajstić information content (AvgIpc) is 3.22. The highest BCUT2D eigenvalue weighted by atomic mass is 32.1. The Balaban J connectivity index is 1.66. The first kappa shape index (κ1) is 21.0. The van der Waals surface area contributed by atoms with E-state index in [2.05, 4.69) is 31.4 Å². The summed E-state index contributed by atoms with van der Waals surface area (Å²) in [5.74, 6) is -0.302. The van der Waals surface area contributed by atoms with Gasteiger partial charge < -0.3 is 10.2 Å². The first-order valence-corrected chi connectivity index (χ1v) is 10.3. The van der Waals surface area contributed by atoms with E-state index in [4.69, 9.17) is 12.2 Å². The monoisotopic (exact) mass is 409 g/mol. The van der Waals surface area contributed by atoms with E-state index in [0.29, 0.717) is 16.8 Å². The molecule has 0 aliphatic carbocycles. The number of hydrogen-bond acceptors (Lipinski definition) is 3. The third kappa shape index (κ3) is 5.21. The zero-order valence-corrected chi connectivity index (χ0v) is 17.9. The fraction of sp³-hybridized carbons (Fsp3) is 0.348. The number of nitrogens with one attached hydrogen (secondary N) is 2. The molecule has 2 N–H and O–H groups in total. The summed E-state index contributed by atoms with van der Waals surface area (Å²) in [6, 6.07) is 14.7. The second-order valence-corrected chi connectivity index (χ2v) is 8.69. The molecule has 2 amide bonds. The van der Waals surface area contributed by atoms with Gasteiger partial charge in [-0.1, -0.05) is 45.0 Å².